The maximum absolute atomic E-state index is 2.68. The van der Waals surface area contributed by atoms with Crippen molar-refractivity contribution in [2.75, 3.05) is 39.8 Å². The monoisotopic (exact) mass is 323 g/mol. The average molecular weight is 324 g/mol. The molecule has 2 fully saturated rings. The van der Waals surface area contributed by atoms with Crippen LogP contribution >= 0.6 is 0 Å². The third kappa shape index (κ3) is 5.44. The van der Waals surface area contributed by atoms with Crippen LogP contribution in [0.2, 0.25) is 0 Å². The summed E-state index contributed by atoms with van der Waals surface area (Å²) in [6.07, 6.45) is 5.44. The summed E-state index contributed by atoms with van der Waals surface area (Å²) in [5.74, 6) is 0.902. The van der Waals surface area contributed by atoms with Crippen molar-refractivity contribution in [3.63, 3.8) is 0 Å². The van der Waals surface area contributed by atoms with Gasteiger partial charge in [-0.15, -0.1) is 0 Å². The Hall–Kier alpha value is -0.120. The van der Waals surface area contributed by atoms with Crippen LogP contribution < -0.4 is 0 Å². The maximum Gasteiger partial charge on any atom is 0.0125 e. The summed E-state index contributed by atoms with van der Waals surface area (Å²) in [4.78, 5) is 7.99. The van der Waals surface area contributed by atoms with E-state index in [4.69, 9.17) is 0 Å². The van der Waals surface area contributed by atoms with Gasteiger partial charge in [0.25, 0.3) is 0 Å². The highest BCUT2D eigenvalue weighted by Gasteiger charge is 2.31. The van der Waals surface area contributed by atoms with Crippen LogP contribution in [0.3, 0.4) is 0 Å². The Bertz CT molecular complexity index is 350. The molecular weight excluding hydrogens is 282 g/mol. The number of hydrogen-bond acceptors (Lipinski definition) is 3. The summed E-state index contributed by atoms with van der Waals surface area (Å²) < 4.78 is 0. The van der Waals surface area contributed by atoms with Gasteiger partial charge in [0.2, 0.25) is 0 Å². The summed E-state index contributed by atoms with van der Waals surface area (Å²) in [5, 5.41) is 0. The molecule has 0 N–H and O–H groups in total. The number of nitrogens with zero attached hydrogens (tertiary/aromatic N) is 3. The standard InChI is InChI=1S/C20H41N3/c1-19(2,3)22-12-8-17(9-13-22)16-21(7)18-10-14-23(15-11-18)20(4,5)6/h17-18H,8-16H2,1-7H3. The summed E-state index contributed by atoms with van der Waals surface area (Å²) in [6.45, 7) is 20.5. The van der Waals surface area contributed by atoms with Gasteiger partial charge >= 0.3 is 0 Å². The first kappa shape index (κ1) is 19.2. The fourth-order valence-electron chi connectivity index (χ4n) is 4.32. The van der Waals surface area contributed by atoms with Gasteiger partial charge in [0.15, 0.2) is 0 Å². The van der Waals surface area contributed by atoms with E-state index in [9.17, 15) is 0 Å². The van der Waals surface area contributed by atoms with Crippen molar-refractivity contribution >= 4 is 0 Å². The molecule has 0 radical (unpaired) electrons. The van der Waals surface area contributed by atoms with Gasteiger partial charge in [0, 0.05) is 36.8 Å². The van der Waals surface area contributed by atoms with E-state index in [1.54, 1.807) is 0 Å². The van der Waals surface area contributed by atoms with Crippen LogP contribution in [0, 0.1) is 5.92 Å². The van der Waals surface area contributed by atoms with Crippen molar-refractivity contribution in [2.24, 2.45) is 5.92 Å². The molecule has 0 spiro atoms. The highest BCUT2D eigenvalue weighted by Crippen LogP contribution is 2.27. The molecule has 2 aliphatic heterocycles. The molecule has 0 aliphatic carbocycles. The molecule has 136 valence electrons. The zero-order chi connectivity index (χ0) is 17.3. The minimum Gasteiger partial charge on any atom is -0.303 e. The lowest BCUT2D eigenvalue weighted by atomic mass is 9.91. The molecule has 0 aromatic rings. The smallest absolute Gasteiger partial charge is 0.0125 e. The fourth-order valence-corrected chi connectivity index (χ4v) is 4.32. The zero-order valence-electron chi connectivity index (χ0n) is 16.9. The van der Waals surface area contributed by atoms with E-state index in [1.165, 1.54) is 58.4 Å². The van der Waals surface area contributed by atoms with Crippen LogP contribution in [0.15, 0.2) is 0 Å². The number of likely N-dealkylation sites (tertiary alicyclic amines) is 2. The van der Waals surface area contributed by atoms with Crippen molar-refractivity contribution < 1.29 is 0 Å². The van der Waals surface area contributed by atoms with Gasteiger partial charge < -0.3 is 4.90 Å². The Morgan fingerprint density at radius 3 is 1.52 bits per heavy atom. The van der Waals surface area contributed by atoms with Gasteiger partial charge in [-0.3, -0.25) is 9.80 Å². The van der Waals surface area contributed by atoms with Gasteiger partial charge in [-0.1, -0.05) is 0 Å². The highest BCUT2D eigenvalue weighted by molar-refractivity contribution is 4.87. The Balaban J connectivity index is 1.73. The SMILES string of the molecule is CN(CC1CCN(C(C)(C)C)CC1)C1CCN(C(C)(C)C)CC1. The van der Waals surface area contributed by atoms with Gasteiger partial charge in [-0.05, 0) is 93.3 Å². The van der Waals surface area contributed by atoms with Gasteiger partial charge in [0.1, 0.15) is 0 Å². The van der Waals surface area contributed by atoms with Crippen LogP contribution in [-0.2, 0) is 0 Å². The molecule has 3 heteroatoms. The molecule has 2 heterocycles. The van der Waals surface area contributed by atoms with E-state index >= 15 is 0 Å². The third-order valence-corrected chi connectivity index (χ3v) is 6.15. The molecule has 0 atom stereocenters. The van der Waals surface area contributed by atoms with E-state index in [0.717, 1.165) is 12.0 Å². The Morgan fingerprint density at radius 2 is 1.13 bits per heavy atom. The molecular formula is C20H41N3. The summed E-state index contributed by atoms with van der Waals surface area (Å²) >= 11 is 0. The van der Waals surface area contributed by atoms with E-state index < -0.39 is 0 Å². The van der Waals surface area contributed by atoms with Crippen molar-refractivity contribution in [2.45, 2.75) is 84.3 Å². The first-order valence-corrected chi connectivity index (χ1v) is 9.78. The molecule has 2 saturated heterocycles. The van der Waals surface area contributed by atoms with Gasteiger partial charge in [-0.25, -0.2) is 0 Å². The number of rotatable bonds is 3. The predicted octanol–water partition coefficient (Wildman–Crippen LogP) is 3.69. The first-order chi connectivity index (χ1) is 10.6. The zero-order valence-corrected chi connectivity index (χ0v) is 16.9. The van der Waals surface area contributed by atoms with Gasteiger partial charge in [-0.2, -0.15) is 0 Å². The lowest BCUT2D eigenvalue weighted by Crippen LogP contribution is -2.51. The van der Waals surface area contributed by atoms with E-state index in [-0.39, 0.29) is 0 Å². The highest BCUT2D eigenvalue weighted by atomic mass is 15.2. The average Bonchev–Trinajstić information content (AvgIpc) is 2.46. The minimum atomic E-state index is 0.337. The Morgan fingerprint density at radius 1 is 0.739 bits per heavy atom. The Kier molecular flexibility index (Phi) is 6.19. The molecule has 2 rings (SSSR count). The van der Waals surface area contributed by atoms with Crippen LogP contribution in [0.25, 0.3) is 0 Å². The molecule has 0 unspecified atom stereocenters. The number of piperidine rings is 2. The van der Waals surface area contributed by atoms with E-state index in [2.05, 4.69) is 63.3 Å². The van der Waals surface area contributed by atoms with Crippen LogP contribution in [0.1, 0.15) is 67.2 Å². The summed E-state index contributed by atoms with van der Waals surface area (Å²) in [7, 11) is 2.37. The predicted molar refractivity (Wildman–Crippen MR) is 101 cm³/mol. The molecule has 3 nitrogen and oxygen atoms in total. The molecule has 23 heavy (non-hydrogen) atoms. The van der Waals surface area contributed by atoms with Crippen LogP contribution in [0.5, 0.6) is 0 Å². The molecule has 0 saturated carbocycles. The van der Waals surface area contributed by atoms with Crippen molar-refractivity contribution in [1.82, 2.24) is 14.7 Å². The molecule has 0 bridgehead atoms. The van der Waals surface area contributed by atoms with Crippen LogP contribution in [0.4, 0.5) is 0 Å². The van der Waals surface area contributed by atoms with E-state index in [1.807, 2.05) is 0 Å². The lowest BCUT2D eigenvalue weighted by Gasteiger charge is -2.45. The second-order valence-corrected chi connectivity index (χ2v) is 9.93. The molecule has 0 amide bonds. The van der Waals surface area contributed by atoms with Crippen molar-refractivity contribution in [3.8, 4) is 0 Å². The number of hydrogen-bond donors (Lipinski definition) is 0. The van der Waals surface area contributed by atoms with Crippen molar-refractivity contribution in [1.29, 1.82) is 0 Å². The largest absolute Gasteiger partial charge is 0.303 e. The first-order valence-electron chi connectivity index (χ1n) is 9.78. The normalized spacial score (nSPS) is 24.5. The fraction of sp³-hybridized carbons (Fsp3) is 1.00. The molecule has 0 aromatic heterocycles. The molecule has 2 aliphatic rings. The van der Waals surface area contributed by atoms with Gasteiger partial charge in [0.05, 0.1) is 0 Å². The topological polar surface area (TPSA) is 9.72 Å². The summed E-state index contributed by atoms with van der Waals surface area (Å²) in [6, 6.07) is 0.800. The van der Waals surface area contributed by atoms with Crippen molar-refractivity contribution in [3.05, 3.63) is 0 Å². The van der Waals surface area contributed by atoms with E-state index in [0.29, 0.717) is 11.1 Å². The maximum atomic E-state index is 2.68. The quantitative estimate of drug-likeness (QED) is 0.784. The second-order valence-electron chi connectivity index (χ2n) is 9.93. The summed E-state index contributed by atoms with van der Waals surface area (Å²) in [5.41, 5.74) is 0.681. The Labute approximate surface area is 145 Å². The van der Waals surface area contributed by atoms with Crippen LogP contribution in [-0.4, -0.2) is 71.6 Å². The second kappa shape index (κ2) is 7.41. The minimum absolute atomic E-state index is 0.337. The molecule has 0 aromatic carbocycles. The lowest BCUT2D eigenvalue weighted by molar-refractivity contribution is 0.0443. The third-order valence-electron chi connectivity index (χ3n) is 6.15.